The fraction of sp³-hybridized carbons (Fsp3) is 0.312. The molecule has 0 aromatic carbocycles. The Kier molecular flexibility index (Phi) is 4.13. The summed E-state index contributed by atoms with van der Waals surface area (Å²) < 4.78 is 5.56. The van der Waals surface area contributed by atoms with Gasteiger partial charge in [-0.2, -0.15) is 0 Å². The maximum atomic E-state index is 12.5. The Hall–Kier alpha value is -2.23. The van der Waals surface area contributed by atoms with Crippen LogP contribution in [0.3, 0.4) is 0 Å². The van der Waals surface area contributed by atoms with Crippen LogP contribution in [0.4, 0.5) is 0 Å². The minimum atomic E-state index is -0.0692. The van der Waals surface area contributed by atoms with Gasteiger partial charge in [-0.1, -0.05) is 0 Å². The van der Waals surface area contributed by atoms with Crippen LogP contribution in [0, 0.1) is 13.8 Å². The molecular formula is C16H18N2O2. The number of ketones is 1. The fourth-order valence-electron chi connectivity index (χ4n) is 2.01. The zero-order valence-electron chi connectivity index (χ0n) is 12.2. The van der Waals surface area contributed by atoms with Gasteiger partial charge in [0.1, 0.15) is 5.75 Å². The van der Waals surface area contributed by atoms with E-state index in [2.05, 4.69) is 9.97 Å². The summed E-state index contributed by atoms with van der Waals surface area (Å²) >= 11 is 0. The average Bonchev–Trinajstić information content (AvgIpc) is 2.36. The molecule has 0 saturated carbocycles. The van der Waals surface area contributed by atoms with E-state index in [-0.39, 0.29) is 11.9 Å². The van der Waals surface area contributed by atoms with Gasteiger partial charge in [0, 0.05) is 28.7 Å². The number of aromatic nitrogens is 2. The third-order valence-corrected chi connectivity index (χ3v) is 2.69. The topological polar surface area (TPSA) is 52.1 Å². The number of ether oxygens (including phenoxy) is 1. The Bertz CT molecular complexity index is 616. The van der Waals surface area contributed by atoms with Crippen molar-refractivity contribution >= 4 is 5.78 Å². The van der Waals surface area contributed by atoms with Crippen molar-refractivity contribution in [3.05, 3.63) is 53.1 Å². The summed E-state index contributed by atoms with van der Waals surface area (Å²) in [5.74, 6) is 0.536. The highest BCUT2D eigenvalue weighted by atomic mass is 16.5. The lowest BCUT2D eigenvalue weighted by molar-refractivity contribution is 0.103. The van der Waals surface area contributed by atoms with Gasteiger partial charge in [-0.05, 0) is 45.9 Å². The van der Waals surface area contributed by atoms with Gasteiger partial charge in [0.25, 0.3) is 0 Å². The van der Waals surface area contributed by atoms with Crippen molar-refractivity contribution < 1.29 is 9.53 Å². The highest BCUT2D eigenvalue weighted by molar-refractivity contribution is 6.09. The van der Waals surface area contributed by atoms with E-state index in [0.717, 1.165) is 11.4 Å². The summed E-state index contributed by atoms with van der Waals surface area (Å²) in [6.07, 6.45) is 3.22. The molecule has 4 nitrogen and oxygen atoms in total. The lowest BCUT2D eigenvalue weighted by atomic mass is 10.0. The predicted molar refractivity (Wildman–Crippen MR) is 77.1 cm³/mol. The molecule has 0 amide bonds. The van der Waals surface area contributed by atoms with Gasteiger partial charge in [0.05, 0.1) is 12.3 Å². The molecule has 0 N–H and O–H groups in total. The van der Waals surface area contributed by atoms with Crippen LogP contribution in [0.2, 0.25) is 0 Å². The summed E-state index contributed by atoms with van der Waals surface area (Å²) in [5.41, 5.74) is 2.80. The van der Waals surface area contributed by atoms with Crippen LogP contribution < -0.4 is 4.74 Å². The molecule has 0 spiro atoms. The molecule has 0 fully saturated rings. The van der Waals surface area contributed by atoms with E-state index in [9.17, 15) is 4.79 Å². The van der Waals surface area contributed by atoms with Crippen LogP contribution in [0.15, 0.2) is 30.6 Å². The molecule has 0 aliphatic rings. The lowest BCUT2D eigenvalue weighted by Gasteiger charge is -2.10. The van der Waals surface area contributed by atoms with Crippen molar-refractivity contribution in [3.63, 3.8) is 0 Å². The molecule has 2 rings (SSSR count). The zero-order chi connectivity index (χ0) is 14.7. The SMILES string of the molecule is Cc1cc(C(=O)c2cncc(OC(C)C)c2)cc(C)n1. The Morgan fingerprint density at radius 1 is 1.05 bits per heavy atom. The van der Waals surface area contributed by atoms with Crippen LogP contribution in [0.25, 0.3) is 0 Å². The number of aryl methyl sites for hydroxylation is 2. The first-order valence-corrected chi connectivity index (χ1v) is 6.57. The van der Waals surface area contributed by atoms with E-state index >= 15 is 0 Å². The van der Waals surface area contributed by atoms with E-state index in [4.69, 9.17) is 4.74 Å². The van der Waals surface area contributed by atoms with Crippen LogP contribution in [0.1, 0.15) is 41.2 Å². The fourth-order valence-corrected chi connectivity index (χ4v) is 2.01. The standard InChI is InChI=1S/C16H18N2O2/c1-10(2)20-15-7-14(8-17-9-15)16(19)13-5-11(3)18-12(4)6-13/h5-10H,1-4H3. The molecule has 0 saturated heterocycles. The summed E-state index contributed by atoms with van der Waals surface area (Å²) in [5, 5.41) is 0. The zero-order valence-corrected chi connectivity index (χ0v) is 12.2. The highest BCUT2D eigenvalue weighted by Gasteiger charge is 2.12. The number of hydrogen-bond acceptors (Lipinski definition) is 4. The van der Waals surface area contributed by atoms with Gasteiger partial charge < -0.3 is 4.74 Å². The van der Waals surface area contributed by atoms with Crippen molar-refractivity contribution in [1.82, 2.24) is 9.97 Å². The molecular weight excluding hydrogens is 252 g/mol. The summed E-state index contributed by atoms with van der Waals surface area (Å²) in [6, 6.07) is 5.29. The first-order chi connectivity index (χ1) is 9.45. The van der Waals surface area contributed by atoms with Gasteiger partial charge in [-0.15, -0.1) is 0 Å². The molecule has 2 aromatic rings. The van der Waals surface area contributed by atoms with Gasteiger partial charge >= 0.3 is 0 Å². The molecule has 0 atom stereocenters. The highest BCUT2D eigenvalue weighted by Crippen LogP contribution is 2.17. The summed E-state index contributed by atoms with van der Waals surface area (Å²) in [6.45, 7) is 7.62. The molecule has 0 bridgehead atoms. The smallest absolute Gasteiger partial charge is 0.194 e. The lowest BCUT2D eigenvalue weighted by Crippen LogP contribution is -2.08. The third kappa shape index (κ3) is 3.41. The molecule has 2 heterocycles. The maximum Gasteiger partial charge on any atom is 0.194 e. The second kappa shape index (κ2) is 5.82. The van der Waals surface area contributed by atoms with E-state index in [0.29, 0.717) is 16.9 Å². The minimum Gasteiger partial charge on any atom is -0.489 e. The first kappa shape index (κ1) is 14.2. The Balaban J connectivity index is 2.33. The predicted octanol–water partition coefficient (Wildman–Crippen LogP) is 3.11. The molecule has 2 aromatic heterocycles. The molecule has 0 aliphatic carbocycles. The van der Waals surface area contributed by atoms with Crippen LogP contribution in [-0.2, 0) is 0 Å². The van der Waals surface area contributed by atoms with Gasteiger partial charge in [-0.25, -0.2) is 0 Å². The number of carbonyl (C=O) groups excluding carboxylic acids is 1. The van der Waals surface area contributed by atoms with E-state index in [1.807, 2.05) is 27.7 Å². The van der Waals surface area contributed by atoms with Crippen molar-refractivity contribution in [2.75, 3.05) is 0 Å². The molecule has 4 heteroatoms. The molecule has 0 aliphatic heterocycles. The third-order valence-electron chi connectivity index (χ3n) is 2.69. The van der Waals surface area contributed by atoms with Crippen molar-refractivity contribution in [2.45, 2.75) is 33.8 Å². The summed E-state index contributed by atoms with van der Waals surface area (Å²) in [4.78, 5) is 20.8. The molecule has 0 radical (unpaired) electrons. The van der Waals surface area contributed by atoms with E-state index in [1.165, 1.54) is 0 Å². The van der Waals surface area contributed by atoms with E-state index < -0.39 is 0 Å². The number of pyridine rings is 2. The maximum absolute atomic E-state index is 12.5. The van der Waals surface area contributed by atoms with Crippen molar-refractivity contribution in [1.29, 1.82) is 0 Å². The Morgan fingerprint density at radius 2 is 1.70 bits per heavy atom. The Morgan fingerprint density at radius 3 is 2.30 bits per heavy atom. The van der Waals surface area contributed by atoms with Gasteiger partial charge in [0.15, 0.2) is 5.78 Å². The molecule has 104 valence electrons. The summed E-state index contributed by atoms with van der Waals surface area (Å²) in [7, 11) is 0. The second-order valence-electron chi connectivity index (χ2n) is 5.04. The Labute approximate surface area is 118 Å². The van der Waals surface area contributed by atoms with Gasteiger partial charge in [0.2, 0.25) is 0 Å². The molecule has 0 unspecified atom stereocenters. The van der Waals surface area contributed by atoms with Crippen LogP contribution in [0.5, 0.6) is 5.75 Å². The normalized spacial score (nSPS) is 10.7. The van der Waals surface area contributed by atoms with Crippen LogP contribution in [-0.4, -0.2) is 21.9 Å². The van der Waals surface area contributed by atoms with Crippen molar-refractivity contribution in [3.8, 4) is 5.75 Å². The number of rotatable bonds is 4. The quantitative estimate of drug-likeness (QED) is 0.801. The van der Waals surface area contributed by atoms with E-state index in [1.54, 1.807) is 30.6 Å². The first-order valence-electron chi connectivity index (χ1n) is 6.57. The second-order valence-corrected chi connectivity index (χ2v) is 5.04. The van der Waals surface area contributed by atoms with Gasteiger partial charge in [-0.3, -0.25) is 14.8 Å². The van der Waals surface area contributed by atoms with Crippen LogP contribution >= 0.6 is 0 Å². The minimum absolute atomic E-state index is 0.0487. The number of hydrogen-bond donors (Lipinski definition) is 0. The number of carbonyl (C=O) groups is 1. The average molecular weight is 270 g/mol. The molecule has 20 heavy (non-hydrogen) atoms. The van der Waals surface area contributed by atoms with Crippen molar-refractivity contribution in [2.24, 2.45) is 0 Å². The number of nitrogens with zero attached hydrogens (tertiary/aromatic N) is 2. The monoisotopic (exact) mass is 270 g/mol. The largest absolute Gasteiger partial charge is 0.489 e.